The van der Waals surface area contributed by atoms with E-state index in [-0.39, 0.29) is 17.2 Å². The highest BCUT2D eigenvalue weighted by Gasteiger charge is 2.14. The number of aromatic carboxylic acids is 1. The van der Waals surface area contributed by atoms with Crippen LogP contribution in [0.1, 0.15) is 34.0 Å². The zero-order chi connectivity index (χ0) is 27.1. The molecule has 6 heteroatoms. The second-order valence-corrected chi connectivity index (χ2v) is 8.91. The highest BCUT2D eigenvalue weighted by molar-refractivity contribution is 5.92. The van der Waals surface area contributed by atoms with E-state index in [1.165, 1.54) is 28.8 Å². The maximum atomic E-state index is 11.3. The van der Waals surface area contributed by atoms with E-state index < -0.39 is 5.97 Å². The molecule has 0 saturated carbocycles. The highest BCUT2D eigenvalue weighted by atomic mass is 16.5. The average Bonchev–Trinajstić information content (AvgIpc) is 3.12. The van der Waals surface area contributed by atoms with Gasteiger partial charge < -0.3 is 25.0 Å². The first-order chi connectivity index (χ1) is 18.4. The van der Waals surface area contributed by atoms with Crippen molar-refractivity contribution in [1.29, 1.82) is 0 Å². The van der Waals surface area contributed by atoms with Gasteiger partial charge in [-0.1, -0.05) is 66.8 Å². The molecule has 0 aliphatic heterocycles. The molecule has 1 aliphatic carbocycles. The van der Waals surface area contributed by atoms with E-state index in [1.807, 2.05) is 36.4 Å². The molecule has 1 unspecified atom stereocenters. The first kappa shape index (κ1) is 26.4. The van der Waals surface area contributed by atoms with Gasteiger partial charge in [-0.25, -0.2) is 4.79 Å². The number of carbonyl (C=O) groups is 1. The van der Waals surface area contributed by atoms with Gasteiger partial charge in [-0.2, -0.15) is 0 Å². The van der Waals surface area contributed by atoms with E-state index in [1.54, 1.807) is 20.3 Å². The summed E-state index contributed by atoms with van der Waals surface area (Å²) in [6.07, 6.45) is 12.8. The van der Waals surface area contributed by atoms with Gasteiger partial charge in [0.15, 0.2) is 0 Å². The van der Waals surface area contributed by atoms with Crippen LogP contribution >= 0.6 is 0 Å². The normalized spacial score (nSPS) is 15.0. The predicted octanol–water partition coefficient (Wildman–Crippen LogP) is 6.95. The Labute approximate surface area is 222 Å². The molecule has 3 N–H and O–H groups in total. The Bertz CT molecular complexity index is 1410. The number of hydrogen-bond acceptors (Lipinski definition) is 5. The van der Waals surface area contributed by atoms with Crippen LogP contribution in [-0.2, 0) is 6.54 Å². The van der Waals surface area contributed by atoms with Crippen molar-refractivity contribution >= 4 is 23.3 Å². The van der Waals surface area contributed by atoms with Crippen LogP contribution in [0.5, 0.6) is 17.2 Å². The molecule has 194 valence electrons. The first-order valence-corrected chi connectivity index (χ1v) is 12.3. The van der Waals surface area contributed by atoms with E-state index in [9.17, 15) is 15.0 Å². The zero-order valence-electron chi connectivity index (χ0n) is 21.6. The van der Waals surface area contributed by atoms with Crippen molar-refractivity contribution in [1.82, 2.24) is 0 Å². The molecular weight excluding hydrogens is 478 g/mol. The van der Waals surface area contributed by atoms with Crippen LogP contribution in [-0.4, -0.2) is 30.4 Å². The lowest BCUT2D eigenvalue weighted by Crippen LogP contribution is -2.06. The van der Waals surface area contributed by atoms with Gasteiger partial charge in [-0.05, 0) is 59.5 Å². The number of ether oxygens (including phenoxy) is 2. The number of nitrogens with one attached hydrogen (secondary N) is 1. The third-order valence-corrected chi connectivity index (χ3v) is 6.39. The van der Waals surface area contributed by atoms with Crippen LogP contribution in [0.2, 0.25) is 0 Å². The molecule has 3 aromatic carbocycles. The van der Waals surface area contributed by atoms with Gasteiger partial charge in [0.1, 0.15) is 22.8 Å². The van der Waals surface area contributed by atoms with Crippen molar-refractivity contribution in [2.24, 2.45) is 5.92 Å². The monoisotopic (exact) mass is 509 g/mol. The summed E-state index contributed by atoms with van der Waals surface area (Å²) in [4.78, 5) is 11.3. The third kappa shape index (κ3) is 6.16. The second-order valence-electron chi connectivity index (χ2n) is 8.91. The van der Waals surface area contributed by atoms with Crippen LogP contribution in [0.4, 0.5) is 5.69 Å². The number of allylic oxidation sites excluding steroid dienone is 7. The van der Waals surface area contributed by atoms with Gasteiger partial charge in [0.05, 0.1) is 19.8 Å². The van der Waals surface area contributed by atoms with Crippen LogP contribution in [0, 0.1) is 5.92 Å². The lowest BCUT2D eigenvalue weighted by molar-refractivity contribution is 0.0693. The standard InChI is InChI=1S/C32H31NO5/c1-21-16-22(8-7-11-26(21)24-9-5-4-6-10-24)12-13-23-17-30(37-2)28(31(18-23)38-3)20-33-25-14-15-29(34)27(19-25)32(35)36/h4-19,22,33-34H,20H2,1-3H3,(H,35,36)/b13-12+. The largest absolute Gasteiger partial charge is 0.507 e. The Balaban J connectivity index is 1.53. The summed E-state index contributed by atoms with van der Waals surface area (Å²) >= 11 is 0. The van der Waals surface area contributed by atoms with Crippen molar-refractivity contribution in [3.63, 3.8) is 0 Å². The van der Waals surface area contributed by atoms with Gasteiger partial charge in [0, 0.05) is 18.2 Å². The molecule has 1 atom stereocenters. The number of aromatic hydroxyl groups is 1. The Morgan fingerprint density at radius 2 is 1.74 bits per heavy atom. The zero-order valence-corrected chi connectivity index (χ0v) is 21.6. The Morgan fingerprint density at radius 3 is 2.39 bits per heavy atom. The molecule has 0 heterocycles. The minimum Gasteiger partial charge on any atom is -0.507 e. The first-order valence-electron chi connectivity index (χ1n) is 12.3. The van der Waals surface area contributed by atoms with Crippen LogP contribution < -0.4 is 14.8 Å². The Kier molecular flexibility index (Phi) is 8.34. The van der Waals surface area contributed by atoms with E-state index in [0.717, 1.165) is 11.1 Å². The lowest BCUT2D eigenvalue weighted by atomic mass is 9.97. The quantitative estimate of drug-likeness (QED) is 0.271. The summed E-state index contributed by atoms with van der Waals surface area (Å²) in [5, 5.41) is 22.2. The number of phenols is 1. The van der Waals surface area contributed by atoms with Crippen LogP contribution in [0.15, 0.2) is 96.6 Å². The molecule has 0 radical (unpaired) electrons. The number of rotatable bonds is 9. The van der Waals surface area contributed by atoms with Gasteiger partial charge >= 0.3 is 5.97 Å². The van der Waals surface area contributed by atoms with Gasteiger partial charge in [0.2, 0.25) is 0 Å². The van der Waals surface area contributed by atoms with E-state index in [2.05, 4.69) is 54.8 Å². The van der Waals surface area contributed by atoms with Gasteiger partial charge in [-0.15, -0.1) is 0 Å². The number of methoxy groups -OCH3 is 2. The number of hydrogen-bond donors (Lipinski definition) is 3. The summed E-state index contributed by atoms with van der Waals surface area (Å²) in [6.45, 7) is 2.47. The molecular formula is C32H31NO5. The summed E-state index contributed by atoms with van der Waals surface area (Å²) < 4.78 is 11.3. The maximum absolute atomic E-state index is 11.3. The summed E-state index contributed by atoms with van der Waals surface area (Å²) in [5.74, 6) is -0.0634. The van der Waals surface area contributed by atoms with Gasteiger partial charge in [-0.3, -0.25) is 0 Å². The topological polar surface area (TPSA) is 88.0 Å². The minimum absolute atomic E-state index is 0.128. The molecule has 0 aromatic heterocycles. The number of carboxylic acid groups (broad SMARTS) is 1. The molecule has 4 rings (SSSR count). The fourth-order valence-corrected chi connectivity index (χ4v) is 4.41. The van der Waals surface area contributed by atoms with E-state index in [0.29, 0.717) is 23.7 Å². The predicted molar refractivity (Wildman–Crippen MR) is 152 cm³/mol. The second kappa shape index (κ2) is 12.0. The van der Waals surface area contributed by atoms with Crippen molar-refractivity contribution in [3.8, 4) is 17.2 Å². The highest BCUT2D eigenvalue weighted by Crippen LogP contribution is 2.33. The summed E-state index contributed by atoms with van der Waals surface area (Å²) in [6, 6.07) is 18.6. The maximum Gasteiger partial charge on any atom is 0.339 e. The fraction of sp³-hybridized carbons (Fsp3) is 0.156. The third-order valence-electron chi connectivity index (χ3n) is 6.39. The van der Waals surface area contributed by atoms with Crippen LogP contribution in [0.3, 0.4) is 0 Å². The van der Waals surface area contributed by atoms with Crippen molar-refractivity contribution < 1.29 is 24.5 Å². The molecule has 1 aliphatic rings. The molecule has 6 nitrogen and oxygen atoms in total. The molecule has 0 amide bonds. The van der Waals surface area contributed by atoms with Crippen LogP contribution in [0.25, 0.3) is 11.6 Å². The number of benzene rings is 3. The number of carboxylic acids is 1. The average molecular weight is 510 g/mol. The minimum atomic E-state index is -1.20. The summed E-state index contributed by atoms with van der Waals surface area (Å²) in [7, 11) is 3.21. The van der Waals surface area contributed by atoms with E-state index >= 15 is 0 Å². The molecule has 0 saturated heterocycles. The van der Waals surface area contributed by atoms with Crippen molar-refractivity contribution in [3.05, 3.63) is 119 Å². The smallest absolute Gasteiger partial charge is 0.339 e. The van der Waals surface area contributed by atoms with Crippen molar-refractivity contribution in [2.45, 2.75) is 13.5 Å². The molecule has 0 spiro atoms. The van der Waals surface area contributed by atoms with Crippen molar-refractivity contribution in [2.75, 3.05) is 19.5 Å². The SMILES string of the molecule is COc1cc(/C=C/C2C=CC=C(c3ccccc3)C(C)=C2)cc(OC)c1CNc1ccc(O)c(C(=O)O)c1. The molecule has 3 aromatic rings. The van der Waals surface area contributed by atoms with Gasteiger partial charge in [0.25, 0.3) is 0 Å². The molecule has 0 fully saturated rings. The number of anilines is 1. The molecule has 38 heavy (non-hydrogen) atoms. The summed E-state index contributed by atoms with van der Waals surface area (Å²) in [5.41, 5.74) is 5.73. The fourth-order valence-electron chi connectivity index (χ4n) is 4.41. The lowest BCUT2D eigenvalue weighted by Gasteiger charge is -2.16. The Morgan fingerprint density at radius 1 is 1.03 bits per heavy atom. The van der Waals surface area contributed by atoms with E-state index in [4.69, 9.17) is 9.47 Å². The Hall–Kier alpha value is -4.71. The molecule has 0 bridgehead atoms.